The first-order chi connectivity index (χ1) is 12.6. The number of nitrogens with one attached hydrogen (secondary N) is 1. The number of fused-ring (bicyclic) bond motifs is 1. The Bertz CT molecular complexity index is 952. The summed E-state index contributed by atoms with van der Waals surface area (Å²) in [6.07, 6.45) is 0.776. The Balaban J connectivity index is 1.48. The maximum Gasteiger partial charge on any atom is 0.245 e. The number of amides is 1. The number of aryl methyl sites for hydroxylation is 2. The molecule has 5 heteroatoms. The summed E-state index contributed by atoms with van der Waals surface area (Å²) >= 11 is 0. The summed E-state index contributed by atoms with van der Waals surface area (Å²) in [5.74, 6) is 0.819. The molecule has 132 valence electrons. The van der Waals surface area contributed by atoms with Gasteiger partial charge >= 0.3 is 0 Å². The number of benzene rings is 2. The number of aromatic nitrogens is 2. The maximum atomic E-state index is 12.8. The van der Waals surface area contributed by atoms with Crippen LogP contribution in [-0.4, -0.2) is 33.4 Å². The van der Waals surface area contributed by atoms with Crippen LogP contribution in [0.25, 0.3) is 11.0 Å². The summed E-state index contributed by atoms with van der Waals surface area (Å²) in [6, 6.07) is 15.9. The fraction of sp³-hybridized carbons (Fsp3) is 0.286. The van der Waals surface area contributed by atoms with Crippen molar-refractivity contribution in [2.75, 3.05) is 11.9 Å². The summed E-state index contributed by atoms with van der Waals surface area (Å²) in [6.45, 7) is 5.40. The number of hydrogen-bond acceptors (Lipinski definition) is 4. The molecule has 0 aliphatic carbocycles. The fourth-order valence-electron chi connectivity index (χ4n) is 3.33. The van der Waals surface area contributed by atoms with Gasteiger partial charge in [-0.1, -0.05) is 42.0 Å². The lowest BCUT2D eigenvalue weighted by molar-refractivity contribution is -0.128. The van der Waals surface area contributed by atoms with Crippen LogP contribution >= 0.6 is 0 Å². The van der Waals surface area contributed by atoms with Crippen LogP contribution in [0.1, 0.15) is 23.2 Å². The van der Waals surface area contributed by atoms with Gasteiger partial charge in [-0.15, -0.1) is 0 Å². The Hall–Kier alpha value is -2.95. The average Bonchev–Trinajstić information content (AvgIpc) is 2.97. The van der Waals surface area contributed by atoms with Crippen LogP contribution in [0, 0.1) is 13.8 Å². The minimum absolute atomic E-state index is 0.125. The summed E-state index contributed by atoms with van der Waals surface area (Å²) in [5, 5.41) is 3.31. The number of likely N-dealkylation sites (tertiary alicyclic amines) is 1. The number of anilines is 1. The van der Waals surface area contributed by atoms with Crippen molar-refractivity contribution < 1.29 is 4.79 Å². The van der Waals surface area contributed by atoms with E-state index in [9.17, 15) is 4.79 Å². The topological polar surface area (TPSA) is 58.1 Å². The molecule has 1 unspecified atom stereocenters. The quantitative estimate of drug-likeness (QED) is 0.786. The molecule has 1 aliphatic heterocycles. The molecular weight excluding hydrogens is 324 g/mol. The highest BCUT2D eigenvalue weighted by atomic mass is 16.2. The van der Waals surface area contributed by atoms with Crippen LogP contribution in [0.4, 0.5) is 5.82 Å². The maximum absolute atomic E-state index is 12.8. The van der Waals surface area contributed by atoms with Gasteiger partial charge in [0.05, 0.1) is 16.7 Å². The van der Waals surface area contributed by atoms with Crippen molar-refractivity contribution in [3.05, 3.63) is 65.4 Å². The number of para-hydroxylation sites is 2. The van der Waals surface area contributed by atoms with Crippen LogP contribution in [0.15, 0.2) is 48.5 Å². The molecule has 1 N–H and O–H groups in total. The molecule has 5 nitrogen and oxygen atoms in total. The molecule has 0 radical (unpaired) electrons. The van der Waals surface area contributed by atoms with Crippen LogP contribution in [0.3, 0.4) is 0 Å². The molecule has 1 amide bonds. The Morgan fingerprint density at radius 2 is 1.73 bits per heavy atom. The zero-order valence-electron chi connectivity index (χ0n) is 15.1. The first kappa shape index (κ1) is 16.5. The number of nitrogens with zero attached hydrogens (tertiary/aromatic N) is 3. The summed E-state index contributed by atoms with van der Waals surface area (Å²) in [7, 11) is 0. The van der Waals surface area contributed by atoms with E-state index in [2.05, 4.69) is 46.5 Å². The van der Waals surface area contributed by atoms with Gasteiger partial charge in [0.1, 0.15) is 11.9 Å². The zero-order valence-corrected chi connectivity index (χ0v) is 15.1. The predicted octanol–water partition coefficient (Wildman–Crippen LogP) is 3.46. The average molecular weight is 346 g/mol. The second-order valence-electron chi connectivity index (χ2n) is 6.88. The van der Waals surface area contributed by atoms with Crippen molar-refractivity contribution in [3.8, 4) is 0 Å². The summed E-state index contributed by atoms with van der Waals surface area (Å²) in [5.41, 5.74) is 4.91. The molecule has 1 saturated heterocycles. The first-order valence-corrected chi connectivity index (χ1v) is 8.94. The second-order valence-corrected chi connectivity index (χ2v) is 6.88. The molecule has 4 rings (SSSR count). The van der Waals surface area contributed by atoms with E-state index < -0.39 is 0 Å². The number of carbonyl (C=O) groups is 1. The van der Waals surface area contributed by atoms with Crippen molar-refractivity contribution in [1.82, 2.24) is 14.9 Å². The van der Waals surface area contributed by atoms with Gasteiger partial charge in [0, 0.05) is 13.1 Å². The Morgan fingerprint density at radius 3 is 2.46 bits per heavy atom. The standard InChI is InChI=1S/C21H22N4O/c1-14-7-9-16(10-8-14)13-25-12-11-19(21(25)26)24-20-15(2)22-17-5-3-4-6-18(17)23-20/h3-10,19H,11-13H2,1-2H3,(H,23,24). The van der Waals surface area contributed by atoms with Gasteiger partial charge in [0.15, 0.2) is 0 Å². The van der Waals surface area contributed by atoms with Crippen molar-refractivity contribution in [2.45, 2.75) is 32.9 Å². The van der Waals surface area contributed by atoms with E-state index in [1.807, 2.05) is 36.1 Å². The van der Waals surface area contributed by atoms with E-state index >= 15 is 0 Å². The lowest BCUT2D eigenvalue weighted by Crippen LogP contribution is -2.33. The van der Waals surface area contributed by atoms with E-state index in [1.54, 1.807) is 0 Å². The second kappa shape index (κ2) is 6.75. The molecular formula is C21H22N4O. The largest absolute Gasteiger partial charge is 0.357 e. The molecule has 0 spiro atoms. The molecule has 1 aromatic heterocycles. The van der Waals surface area contributed by atoms with E-state index in [0.717, 1.165) is 35.3 Å². The molecule has 2 aromatic carbocycles. The number of rotatable bonds is 4. The molecule has 3 aromatic rings. The van der Waals surface area contributed by atoms with Gasteiger partial charge in [-0.2, -0.15) is 0 Å². The molecule has 1 fully saturated rings. The molecule has 1 aliphatic rings. The third-order valence-electron chi connectivity index (χ3n) is 4.85. The van der Waals surface area contributed by atoms with Gasteiger partial charge in [0.2, 0.25) is 5.91 Å². The van der Waals surface area contributed by atoms with Gasteiger partial charge in [-0.25, -0.2) is 9.97 Å². The fourth-order valence-corrected chi connectivity index (χ4v) is 3.33. The molecule has 2 heterocycles. The Kier molecular flexibility index (Phi) is 4.29. The third-order valence-corrected chi connectivity index (χ3v) is 4.85. The lowest BCUT2D eigenvalue weighted by atomic mass is 10.1. The van der Waals surface area contributed by atoms with Gasteiger partial charge in [-0.05, 0) is 38.0 Å². The van der Waals surface area contributed by atoms with Gasteiger partial charge in [-0.3, -0.25) is 4.79 Å². The number of hydrogen-bond donors (Lipinski definition) is 1. The van der Waals surface area contributed by atoms with Crippen LogP contribution in [0.2, 0.25) is 0 Å². The molecule has 0 saturated carbocycles. The van der Waals surface area contributed by atoms with Gasteiger partial charge in [0.25, 0.3) is 0 Å². The van der Waals surface area contributed by atoms with Crippen molar-refractivity contribution in [1.29, 1.82) is 0 Å². The van der Waals surface area contributed by atoms with Crippen LogP contribution in [-0.2, 0) is 11.3 Å². The molecule has 26 heavy (non-hydrogen) atoms. The van der Waals surface area contributed by atoms with Crippen LogP contribution in [0.5, 0.6) is 0 Å². The zero-order chi connectivity index (χ0) is 18.1. The van der Waals surface area contributed by atoms with Crippen molar-refractivity contribution >= 4 is 22.8 Å². The van der Waals surface area contributed by atoms with Crippen molar-refractivity contribution in [3.63, 3.8) is 0 Å². The summed E-state index contributed by atoms with van der Waals surface area (Å²) < 4.78 is 0. The van der Waals surface area contributed by atoms with E-state index in [4.69, 9.17) is 0 Å². The lowest BCUT2D eigenvalue weighted by Gasteiger charge is -2.18. The first-order valence-electron chi connectivity index (χ1n) is 8.94. The minimum atomic E-state index is -0.241. The molecule has 0 bridgehead atoms. The SMILES string of the molecule is Cc1ccc(CN2CCC(Nc3nc4ccccc4nc3C)C2=O)cc1. The van der Waals surface area contributed by atoms with E-state index in [-0.39, 0.29) is 11.9 Å². The summed E-state index contributed by atoms with van der Waals surface area (Å²) in [4.78, 5) is 23.9. The minimum Gasteiger partial charge on any atom is -0.357 e. The smallest absolute Gasteiger partial charge is 0.245 e. The van der Waals surface area contributed by atoms with Gasteiger partial charge < -0.3 is 10.2 Å². The highest BCUT2D eigenvalue weighted by molar-refractivity contribution is 5.87. The number of carbonyl (C=O) groups excluding carboxylic acids is 1. The highest BCUT2D eigenvalue weighted by Crippen LogP contribution is 2.22. The monoisotopic (exact) mass is 346 g/mol. The van der Waals surface area contributed by atoms with Crippen LogP contribution < -0.4 is 5.32 Å². The Labute approximate surface area is 153 Å². The van der Waals surface area contributed by atoms with Crippen molar-refractivity contribution in [2.24, 2.45) is 0 Å². The van der Waals surface area contributed by atoms with E-state index in [0.29, 0.717) is 12.4 Å². The third kappa shape index (κ3) is 3.25. The molecule has 1 atom stereocenters. The predicted molar refractivity (Wildman–Crippen MR) is 103 cm³/mol. The Morgan fingerprint density at radius 1 is 1.04 bits per heavy atom. The van der Waals surface area contributed by atoms with E-state index in [1.165, 1.54) is 5.56 Å². The normalized spacial score (nSPS) is 17.1. The highest BCUT2D eigenvalue weighted by Gasteiger charge is 2.32.